The summed E-state index contributed by atoms with van der Waals surface area (Å²) in [5.74, 6) is -0.107. The van der Waals surface area contributed by atoms with E-state index >= 15 is 0 Å². The number of amides is 1. The van der Waals surface area contributed by atoms with Gasteiger partial charge in [0.1, 0.15) is 11.3 Å². The van der Waals surface area contributed by atoms with Crippen molar-refractivity contribution in [2.75, 3.05) is 19.7 Å². The van der Waals surface area contributed by atoms with Crippen molar-refractivity contribution in [1.29, 1.82) is 0 Å². The fraction of sp³-hybridized carbons (Fsp3) is 0.238. The number of aryl methyl sites for hydroxylation is 1. The molecule has 4 rings (SSSR count). The number of halogens is 1. The van der Waals surface area contributed by atoms with E-state index in [9.17, 15) is 4.79 Å². The second-order valence-electron chi connectivity index (χ2n) is 6.52. The zero-order valence-electron chi connectivity index (χ0n) is 15.0. The first kappa shape index (κ1) is 17.8. The average Bonchev–Trinajstić information content (AvgIpc) is 3.03. The molecule has 5 nitrogen and oxygen atoms in total. The first-order valence-corrected chi connectivity index (χ1v) is 9.29. The van der Waals surface area contributed by atoms with Gasteiger partial charge < -0.3 is 9.64 Å². The first-order chi connectivity index (χ1) is 13.1. The summed E-state index contributed by atoms with van der Waals surface area (Å²) in [7, 11) is 0. The van der Waals surface area contributed by atoms with Crippen LogP contribution in [0.2, 0.25) is 5.15 Å². The van der Waals surface area contributed by atoms with Crippen molar-refractivity contribution in [2.45, 2.75) is 13.0 Å². The number of hydrogen-bond donors (Lipinski definition) is 0. The fourth-order valence-electron chi connectivity index (χ4n) is 3.34. The number of ether oxygens (including phenoxy) is 1. The lowest BCUT2D eigenvalue weighted by Crippen LogP contribution is -2.42. The van der Waals surface area contributed by atoms with Crippen molar-refractivity contribution in [3.8, 4) is 5.69 Å². The Balaban J connectivity index is 1.60. The number of benzene rings is 2. The highest BCUT2D eigenvalue weighted by atomic mass is 35.5. The summed E-state index contributed by atoms with van der Waals surface area (Å²) < 4.78 is 7.48. The van der Waals surface area contributed by atoms with E-state index in [0.29, 0.717) is 36.1 Å². The van der Waals surface area contributed by atoms with E-state index < -0.39 is 0 Å². The molecule has 1 aromatic heterocycles. The molecule has 0 N–H and O–H groups in total. The Bertz CT molecular complexity index is 941. The van der Waals surface area contributed by atoms with Gasteiger partial charge in [-0.05, 0) is 24.6 Å². The maximum absolute atomic E-state index is 13.2. The van der Waals surface area contributed by atoms with Crippen LogP contribution in [-0.2, 0) is 4.74 Å². The number of carbonyl (C=O) groups excluding carboxylic acids is 1. The average molecular weight is 382 g/mol. The summed E-state index contributed by atoms with van der Waals surface area (Å²) in [6, 6.07) is 19.5. The van der Waals surface area contributed by atoms with Crippen molar-refractivity contribution < 1.29 is 9.53 Å². The molecule has 0 spiro atoms. The summed E-state index contributed by atoms with van der Waals surface area (Å²) in [5.41, 5.74) is 2.97. The number of nitrogens with zero attached hydrogens (tertiary/aromatic N) is 3. The maximum Gasteiger partial charge on any atom is 0.259 e. The maximum atomic E-state index is 13.2. The SMILES string of the molecule is Cc1nn(-c2ccccc2)c(Cl)c1C(=O)N1CCOC(c2ccccc2)C1. The molecule has 0 radical (unpaired) electrons. The third kappa shape index (κ3) is 3.48. The van der Waals surface area contributed by atoms with E-state index in [1.165, 1.54) is 0 Å². The van der Waals surface area contributed by atoms with Gasteiger partial charge in [-0.2, -0.15) is 5.10 Å². The van der Waals surface area contributed by atoms with E-state index in [4.69, 9.17) is 16.3 Å². The van der Waals surface area contributed by atoms with Crippen LogP contribution in [0.5, 0.6) is 0 Å². The van der Waals surface area contributed by atoms with Gasteiger partial charge in [0, 0.05) is 6.54 Å². The molecule has 1 amide bonds. The largest absolute Gasteiger partial charge is 0.370 e. The second kappa shape index (κ2) is 7.55. The van der Waals surface area contributed by atoms with E-state index in [2.05, 4.69) is 5.10 Å². The van der Waals surface area contributed by atoms with Gasteiger partial charge in [0.05, 0.1) is 30.1 Å². The minimum atomic E-state index is -0.132. The third-order valence-corrected chi connectivity index (χ3v) is 5.09. The zero-order valence-corrected chi connectivity index (χ0v) is 15.8. The van der Waals surface area contributed by atoms with Crippen molar-refractivity contribution >= 4 is 17.5 Å². The highest BCUT2D eigenvalue weighted by Crippen LogP contribution is 2.28. The molecule has 3 aromatic rings. The molecule has 1 aliphatic rings. The molecule has 1 aliphatic heterocycles. The molecule has 1 saturated heterocycles. The van der Waals surface area contributed by atoms with Gasteiger partial charge in [0.25, 0.3) is 5.91 Å². The molecule has 0 aliphatic carbocycles. The molecule has 27 heavy (non-hydrogen) atoms. The minimum Gasteiger partial charge on any atom is -0.370 e. The molecule has 0 bridgehead atoms. The van der Waals surface area contributed by atoms with Gasteiger partial charge in [-0.1, -0.05) is 60.1 Å². The third-order valence-electron chi connectivity index (χ3n) is 4.74. The minimum absolute atomic E-state index is 0.107. The number of aromatic nitrogens is 2. The highest BCUT2D eigenvalue weighted by Gasteiger charge is 2.30. The quantitative estimate of drug-likeness (QED) is 0.687. The van der Waals surface area contributed by atoms with Gasteiger partial charge in [0.2, 0.25) is 0 Å². The Labute approximate surface area is 163 Å². The van der Waals surface area contributed by atoms with Crippen LogP contribution in [0.15, 0.2) is 60.7 Å². The lowest BCUT2D eigenvalue weighted by molar-refractivity contribution is -0.0228. The Morgan fingerprint density at radius 3 is 2.48 bits per heavy atom. The van der Waals surface area contributed by atoms with Crippen molar-refractivity contribution in [3.05, 3.63) is 82.6 Å². The smallest absolute Gasteiger partial charge is 0.259 e. The summed E-state index contributed by atoms with van der Waals surface area (Å²) in [5, 5.41) is 4.82. The summed E-state index contributed by atoms with van der Waals surface area (Å²) >= 11 is 6.55. The standard InChI is InChI=1S/C21H20ClN3O2/c1-15-19(20(22)25(23-15)17-10-6-3-7-11-17)21(26)24-12-13-27-18(14-24)16-8-4-2-5-9-16/h2-11,18H,12-14H2,1H3. The number of morpholine rings is 1. The second-order valence-corrected chi connectivity index (χ2v) is 6.88. The Kier molecular flexibility index (Phi) is 4.97. The molecule has 1 atom stereocenters. The van der Waals surface area contributed by atoms with Crippen molar-refractivity contribution in [1.82, 2.24) is 14.7 Å². The Hall–Kier alpha value is -2.63. The molecular weight excluding hydrogens is 362 g/mol. The first-order valence-electron chi connectivity index (χ1n) is 8.91. The van der Waals surface area contributed by atoms with Crippen LogP contribution in [0.1, 0.15) is 27.7 Å². The van der Waals surface area contributed by atoms with Gasteiger partial charge in [0.15, 0.2) is 0 Å². The summed E-state index contributed by atoms with van der Waals surface area (Å²) in [6.45, 7) is 3.34. The lowest BCUT2D eigenvalue weighted by atomic mass is 10.1. The molecule has 2 heterocycles. The predicted octanol–water partition coefficient (Wildman–Crippen LogP) is 4.05. The van der Waals surface area contributed by atoms with Crippen LogP contribution in [0.4, 0.5) is 0 Å². The van der Waals surface area contributed by atoms with Crippen LogP contribution < -0.4 is 0 Å². The fourth-order valence-corrected chi connectivity index (χ4v) is 3.70. The monoisotopic (exact) mass is 381 g/mol. The molecule has 2 aromatic carbocycles. The number of rotatable bonds is 3. The van der Waals surface area contributed by atoms with Crippen LogP contribution in [0.3, 0.4) is 0 Å². The summed E-state index contributed by atoms with van der Waals surface area (Å²) in [4.78, 5) is 15.0. The molecule has 1 unspecified atom stereocenters. The summed E-state index contributed by atoms with van der Waals surface area (Å²) in [6.07, 6.45) is -0.132. The number of carbonyl (C=O) groups is 1. The highest BCUT2D eigenvalue weighted by molar-refractivity contribution is 6.33. The lowest BCUT2D eigenvalue weighted by Gasteiger charge is -2.33. The Morgan fingerprint density at radius 2 is 1.78 bits per heavy atom. The zero-order chi connectivity index (χ0) is 18.8. The van der Waals surface area contributed by atoms with Crippen LogP contribution >= 0.6 is 11.6 Å². The van der Waals surface area contributed by atoms with Crippen LogP contribution in [0, 0.1) is 6.92 Å². The normalized spacial score (nSPS) is 17.1. The topological polar surface area (TPSA) is 47.4 Å². The molecule has 6 heteroatoms. The van der Waals surface area contributed by atoms with E-state index in [1.807, 2.05) is 67.6 Å². The number of para-hydroxylation sites is 1. The van der Waals surface area contributed by atoms with Gasteiger partial charge >= 0.3 is 0 Å². The predicted molar refractivity (Wildman–Crippen MR) is 104 cm³/mol. The van der Waals surface area contributed by atoms with Crippen LogP contribution in [0.25, 0.3) is 5.69 Å². The molecule has 0 saturated carbocycles. The number of hydrogen-bond acceptors (Lipinski definition) is 3. The van der Waals surface area contributed by atoms with Crippen LogP contribution in [-0.4, -0.2) is 40.3 Å². The van der Waals surface area contributed by atoms with E-state index in [0.717, 1.165) is 11.3 Å². The Morgan fingerprint density at radius 1 is 1.11 bits per heavy atom. The van der Waals surface area contributed by atoms with Gasteiger partial charge in [-0.15, -0.1) is 0 Å². The van der Waals surface area contributed by atoms with Crippen molar-refractivity contribution in [2.24, 2.45) is 0 Å². The van der Waals surface area contributed by atoms with Gasteiger partial charge in [-0.25, -0.2) is 4.68 Å². The molecule has 138 valence electrons. The molecule has 1 fully saturated rings. The molecular formula is C21H20ClN3O2. The van der Waals surface area contributed by atoms with E-state index in [1.54, 1.807) is 9.58 Å². The van der Waals surface area contributed by atoms with E-state index in [-0.39, 0.29) is 12.0 Å². The van der Waals surface area contributed by atoms with Gasteiger partial charge in [-0.3, -0.25) is 4.79 Å². The van der Waals surface area contributed by atoms with Crippen molar-refractivity contribution in [3.63, 3.8) is 0 Å².